The number of carbonyl (C=O) groups excluding carboxylic acids is 1. The number of carbonyl (C=O) groups is 1. The molecule has 0 aromatic heterocycles. The van der Waals surface area contributed by atoms with Gasteiger partial charge in [-0.3, -0.25) is 0 Å². The van der Waals surface area contributed by atoms with E-state index < -0.39 is 17.8 Å². The highest BCUT2D eigenvalue weighted by Gasteiger charge is 2.29. The number of hydrogen-bond donors (Lipinski definition) is 2. The first-order chi connectivity index (χ1) is 8.34. The van der Waals surface area contributed by atoms with Gasteiger partial charge >= 0.3 is 12.2 Å². The summed E-state index contributed by atoms with van der Waals surface area (Å²) in [7, 11) is 1.55. The van der Waals surface area contributed by atoms with E-state index in [1.165, 1.54) is 17.0 Å². The molecule has 3 N–H and O–H groups in total. The summed E-state index contributed by atoms with van der Waals surface area (Å²) in [5.74, 6) is 0. The van der Waals surface area contributed by atoms with Crippen LogP contribution in [0.3, 0.4) is 0 Å². The molecule has 1 aromatic carbocycles. The van der Waals surface area contributed by atoms with Crippen LogP contribution >= 0.6 is 0 Å². The maximum atomic E-state index is 12.3. The van der Waals surface area contributed by atoms with Crippen molar-refractivity contribution in [3.63, 3.8) is 0 Å². The van der Waals surface area contributed by atoms with E-state index in [9.17, 15) is 18.0 Å². The largest absolute Gasteiger partial charge is 0.416 e. The first kappa shape index (κ1) is 14.3. The van der Waals surface area contributed by atoms with Crippen molar-refractivity contribution in [2.45, 2.75) is 6.18 Å². The highest BCUT2D eigenvalue weighted by atomic mass is 19.4. The van der Waals surface area contributed by atoms with Crippen molar-refractivity contribution in [3.05, 3.63) is 29.8 Å². The van der Waals surface area contributed by atoms with Crippen LogP contribution in [-0.4, -0.2) is 31.1 Å². The van der Waals surface area contributed by atoms with Gasteiger partial charge in [-0.1, -0.05) is 0 Å². The van der Waals surface area contributed by atoms with Crippen molar-refractivity contribution in [2.24, 2.45) is 5.73 Å². The molecule has 7 heteroatoms. The fourth-order valence-corrected chi connectivity index (χ4v) is 1.26. The molecule has 0 spiro atoms. The number of nitrogens with one attached hydrogen (secondary N) is 1. The third-order valence-electron chi connectivity index (χ3n) is 2.27. The van der Waals surface area contributed by atoms with Gasteiger partial charge < -0.3 is 16.0 Å². The zero-order valence-electron chi connectivity index (χ0n) is 9.79. The molecule has 1 rings (SSSR count). The Bertz CT molecular complexity index is 403. The lowest BCUT2D eigenvalue weighted by atomic mass is 10.2. The van der Waals surface area contributed by atoms with Gasteiger partial charge in [-0.05, 0) is 24.3 Å². The Morgan fingerprint density at radius 1 is 1.33 bits per heavy atom. The lowest BCUT2D eigenvalue weighted by Crippen LogP contribution is -2.35. The summed E-state index contributed by atoms with van der Waals surface area (Å²) in [5, 5.41) is 2.47. The molecule has 0 unspecified atom stereocenters. The number of likely N-dealkylation sites (N-methyl/N-ethyl adjacent to an activating group) is 1. The van der Waals surface area contributed by atoms with Crippen molar-refractivity contribution in [1.82, 2.24) is 4.90 Å². The highest BCUT2D eigenvalue weighted by Crippen LogP contribution is 2.29. The molecule has 18 heavy (non-hydrogen) atoms. The minimum absolute atomic E-state index is 0.303. The van der Waals surface area contributed by atoms with Gasteiger partial charge in [0.2, 0.25) is 0 Å². The Hall–Kier alpha value is -1.76. The summed E-state index contributed by atoms with van der Waals surface area (Å²) in [5.41, 5.74) is 4.83. The van der Waals surface area contributed by atoms with Gasteiger partial charge in [-0.25, -0.2) is 4.79 Å². The maximum absolute atomic E-state index is 12.3. The number of rotatable bonds is 3. The van der Waals surface area contributed by atoms with Crippen molar-refractivity contribution < 1.29 is 18.0 Å². The van der Waals surface area contributed by atoms with Crippen LogP contribution < -0.4 is 11.1 Å². The van der Waals surface area contributed by atoms with Gasteiger partial charge in [0.1, 0.15) is 0 Å². The number of nitrogens with zero attached hydrogens (tertiary/aromatic N) is 1. The molecule has 0 aliphatic heterocycles. The predicted molar refractivity (Wildman–Crippen MR) is 62.1 cm³/mol. The number of benzene rings is 1. The van der Waals surface area contributed by atoms with Crippen molar-refractivity contribution in [3.8, 4) is 0 Å². The van der Waals surface area contributed by atoms with Gasteiger partial charge in [0.25, 0.3) is 0 Å². The highest BCUT2D eigenvalue weighted by molar-refractivity contribution is 5.89. The number of urea groups is 1. The Morgan fingerprint density at radius 2 is 1.89 bits per heavy atom. The van der Waals surface area contributed by atoms with Crippen LogP contribution in [0, 0.1) is 0 Å². The van der Waals surface area contributed by atoms with Gasteiger partial charge in [0.15, 0.2) is 0 Å². The molecular weight excluding hydrogens is 247 g/mol. The molecule has 0 saturated carbocycles. The van der Waals surface area contributed by atoms with Crippen LogP contribution in [0.5, 0.6) is 0 Å². The summed E-state index contributed by atoms with van der Waals surface area (Å²) >= 11 is 0. The molecule has 0 bridgehead atoms. The van der Waals surface area contributed by atoms with E-state index in [-0.39, 0.29) is 0 Å². The van der Waals surface area contributed by atoms with E-state index in [0.29, 0.717) is 18.8 Å². The van der Waals surface area contributed by atoms with Gasteiger partial charge in [-0.2, -0.15) is 13.2 Å². The average Bonchev–Trinajstić information content (AvgIpc) is 2.28. The topological polar surface area (TPSA) is 58.4 Å². The van der Waals surface area contributed by atoms with Crippen LogP contribution in [0.2, 0.25) is 0 Å². The Labute approximate surface area is 103 Å². The van der Waals surface area contributed by atoms with Crippen LogP contribution in [0.15, 0.2) is 24.3 Å². The standard InChI is InChI=1S/C11H14F3N3O/c1-17(7-6-15)10(18)16-9-4-2-8(3-5-9)11(12,13)14/h2-5H,6-7,15H2,1H3,(H,16,18). The summed E-state index contributed by atoms with van der Waals surface area (Å²) in [6, 6.07) is 3.82. The van der Waals surface area contributed by atoms with E-state index in [2.05, 4.69) is 5.32 Å². The monoisotopic (exact) mass is 261 g/mol. The van der Waals surface area contributed by atoms with Gasteiger partial charge in [-0.15, -0.1) is 0 Å². The van der Waals surface area contributed by atoms with E-state index >= 15 is 0 Å². The number of alkyl halides is 3. The van der Waals surface area contributed by atoms with Gasteiger partial charge in [0, 0.05) is 25.8 Å². The third kappa shape index (κ3) is 3.92. The SMILES string of the molecule is CN(CCN)C(=O)Nc1ccc(C(F)(F)F)cc1. The van der Waals surface area contributed by atoms with E-state index in [1.807, 2.05) is 0 Å². The van der Waals surface area contributed by atoms with Crippen LogP contribution in [0.4, 0.5) is 23.7 Å². The van der Waals surface area contributed by atoms with Crippen molar-refractivity contribution in [2.75, 3.05) is 25.5 Å². The first-order valence-corrected chi connectivity index (χ1v) is 5.24. The predicted octanol–water partition coefficient (Wildman–Crippen LogP) is 2.13. The molecule has 4 nitrogen and oxygen atoms in total. The second-order valence-corrected chi connectivity index (χ2v) is 3.72. The lowest BCUT2D eigenvalue weighted by molar-refractivity contribution is -0.137. The molecule has 0 saturated heterocycles. The molecule has 1 aromatic rings. The number of hydrogen-bond acceptors (Lipinski definition) is 2. The quantitative estimate of drug-likeness (QED) is 0.875. The van der Waals surface area contributed by atoms with Crippen LogP contribution in [-0.2, 0) is 6.18 Å². The molecule has 0 atom stereocenters. The van der Waals surface area contributed by atoms with Crippen LogP contribution in [0.25, 0.3) is 0 Å². The van der Waals surface area contributed by atoms with E-state index in [4.69, 9.17) is 5.73 Å². The summed E-state index contributed by atoms with van der Waals surface area (Å²) in [4.78, 5) is 12.9. The molecular formula is C11H14F3N3O. The molecule has 2 amide bonds. The summed E-state index contributed by atoms with van der Waals surface area (Å²) in [6.07, 6.45) is -4.38. The van der Waals surface area contributed by atoms with E-state index in [1.54, 1.807) is 7.05 Å². The van der Waals surface area contributed by atoms with Crippen molar-refractivity contribution in [1.29, 1.82) is 0 Å². The summed E-state index contributed by atoms with van der Waals surface area (Å²) in [6.45, 7) is 0.684. The van der Waals surface area contributed by atoms with Gasteiger partial charge in [0.05, 0.1) is 5.56 Å². The molecule has 0 radical (unpaired) electrons. The third-order valence-corrected chi connectivity index (χ3v) is 2.27. The second-order valence-electron chi connectivity index (χ2n) is 3.72. The number of amides is 2. The summed E-state index contributed by atoms with van der Waals surface area (Å²) < 4.78 is 36.9. The van der Waals surface area contributed by atoms with Crippen LogP contribution in [0.1, 0.15) is 5.56 Å². The number of halogens is 3. The number of nitrogens with two attached hydrogens (primary N) is 1. The Balaban J connectivity index is 2.67. The molecule has 0 aliphatic carbocycles. The van der Waals surface area contributed by atoms with E-state index in [0.717, 1.165) is 12.1 Å². The molecule has 0 heterocycles. The molecule has 0 aliphatic rings. The second kappa shape index (κ2) is 5.72. The Morgan fingerprint density at radius 3 is 2.33 bits per heavy atom. The zero-order valence-corrected chi connectivity index (χ0v) is 9.79. The number of anilines is 1. The fourth-order valence-electron chi connectivity index (χ4n) is 1.26. The average molecular weight is 261 g/mol. The first-order valence-electron chi connectivity index (χ1n) is 5.24. The molecule has 0 fully saturated rings. The normalized spacial score (nSPS) is 11.2. The maximum Gasteiger partial charge on any atom is 0.416 e. The smallest absolute Gasteiger partial charge is 0.329 e. The fraction of sp³-hybridized carbons (Fsp3) is 0.364. The lowest BCUT2D eigenvalue weighted by Gasteiger charge is -2.17. The Kier molecular flexibility index (Phi) is 4.55. The minimum Gasteiger partial charge on any atom is -0.329 e. The zero-order chi connectivity index (χ0) is 13.8. The molecule has 100 valence electrons. The minimum atomic E-state index is -4.38. The van der Waals surface area contributed by atoms with Crippen molar-refractivity contribution >= 4 is 11.7 Å².